The molecule has 0 saturated heterocycles. The van der Waals surface area contributed by atoms with Crippen molar-refractivity contribution in [1.82, 2.24) is 10.3 Å². The molecule has 1 aromatic rings. The van der Waals surface area contributed by atoms with Crippen molar-refractivity contribution < 1.29 is 9.21 Å². The maximum absolute atomic E-state index is 11.3. The summed E-state index contributed by atoms with van der Waals surface area (Å²) in [6, 6.07) is 0. The first kappa shape index (κ1) is 9.33. The molecule has 68 valence electrons. The van der Waals surface area contributed by atoms with E-state index in [0.717, 1.165) is 0 Å². The molecule has 0 spiro atoms. The molecule has 0 atom stereocenters. The fourth-order valence-electron chi connectivity index (χ4n) is 0.955. The molecule has 0 unspecified atom stereocenters. The number of hydrogen-bond donors (Lipinski definition) is 1. The Morgan fingerprint density at radius 2 is 2.38 bits per heavy atom. The van der Waals surface area contributed by atoms with Gasteiger partial charge < -0.3 is 9.73 Å². The molecule has 0 aliphatic carbocycles. The average Bonchev–Trinajstić information content (AvgIpc) is 2.41. The summed E-state index contributed by atoms with van der Waals surface area (Å²) in [4.78, 5) is 15.2. The molecular weight excluding hydrogens is 168 g/mol. The van der Waals surface area contributed by atoms with Crippen molar-refractivity contribution >= 4 is 5.91 Å². The minimum atomic E-state index is -0.299. The summed E-state index contributed by atoms with van der Waals surface area (Å²) in [6.45, 7) is 3.57. The molecular formula is C9H10N2O2. The third-order valence-electron chi connectivity index (χ3n) is 1.47. The summed E-state index contributed by atoms with van der Waals surface area (Å²) in [6.07, 6.45) is 4.99. The van der Waals surface area contributed by atoms with Gasteiger partial charge in [-0.3, -0.25) is 4.79 Å². The van der Waals surface area contributed by atoms with Crippen LogP contribution in [0.25, 0.3) is 0 Å². The summed E-state index contributed by atoms with van der Waals surface area (Å²) in [7, 11) is 0. The second kappa shape index (κ2) is 3.76. The van der Waals surface area contributed by atoms with Crippen molar-refractivity contribution in [1.29, 1.82) is 0 Å². The van der Waals surface area contributed by atoms with Gasteiger partial charge in [-0.15, -0.1) is 6.42 Å². The van der Waals surface area contributed by atoms with Crippen molar-refractivity contribution in [3.05, 3.63) is 17.3 Å². The maximum atomic E-state index is 11.3. The molecule has 1 aromatic heterocycles. The van der Waals surface area contributed by atoms with Gasteiger partial charge in [0.25, 0.3) is 5.91 Å². The molecule has 0 saturated carbocycles. The number of nitrogens with one attached hydrogen (secondary N) is 1. The van der Waals surface area contributed by atoms with Crippen molar-refractivity contribution in [2.75, 3.05) is 6.54 Å². The summed E-state index contributed by atoms with van der Waals surface area (Å²) in [5.41, 5.74) is 0.299. The molecule has 0 aliphatic heterocycles. The normalized spacial score (nSPS) is 9.31. The molecule has 1 heterocycles. The van der Waals surface area contributed by atoms with Gasteiger partial charge in [0, 0.05) is 6.92 Å². The van der Waals surface area contributed by atoms with E-state index in [0.29, 0.717) is 17.3 Å². The highest BCUT2D eigenvalue weighted by Gasteiger charge is 2.13. The van der Waals surface area contributed by atoms with Gasteiger partial charge >= 0.3 is 0 Å². The lowest BCUT2D eigenvalue weighted by atomic mass is 10.3. The third kappa shape index (κ3) is 2.09. The van der Waals surface area contributed by atoms with Crippen LogP contribution in [0.5, 0.6) is 0 Å². The van der Waals surface area contributed by atoms with E-state index in [9.17, 15) is 4.79 Å². The van der Waals surface area contributed by atoms with Gasteiger partial charge in [0.15, 0.2) is 11.6 Å². The Hall–Kier alpha value is -1.76. The number of amides is 1. The zero-order valence-corrected chi connectivity index (χ0v) is 7.55. The highest BCUT2D eigenvalue weighted by atomic mass is 16.4. The molecule has 4 heteroatoms. The van der Waals surface area contributed by atoms with E-state index in [-0.39, 0.29) is 12.5 Å². The first-order valence-electron chi connectivity index (χ1n) is 3.81. The molecule has 0 radical (unpaired) electrons. The van der Waals surface area contributed by atoms with Crippen LogP contribution in [-0.2, 0) is 0 Å². The van der Waals surface area contributed by atoms with Crippen LogP contribution in [0.2, 0.25) is 0 Å². The second-order valence-corrected chi connectivity index (χ2v) is 2.52. The van der Waals surface area contributed by atoms with E-state index in [2.05, 4.69) is 16.2 Å². The fraction of sp³-hybridized carbons (Fsp3) is 0.333. The summed E-state index contributed by atoms with van der Waals surface area (Å²) < 4.78 is 5.09. The van der Waals surface area contributed by atoms with Gasteiger partial charge in [0.1, 0.15) is 5.76 Å². The number of nitrogens with zero attached hydrogens (tertiary/aromatic N) is 1. The van der Waals surface area contributed by atoms with Crippen molar-refractivity contribution in [2.24, 2.45) is 0 Å². The molecule has 4 nitrogen and oxygen atoms in total. The number of terminal acetylenes is 1. The van der Waals surface area contributed by atoms with Gasteiger partial charge in [-0.1, -0.05) is 5.92 Å². The van der Waals surface area contributed by atoms with E-state index in [1.54, 1.807) is 13.8 Å². The van der Waals surface area contributed by atoms with Gasteiger partial charge in [-0.05, 0) is 6.92 Å². The molecule has 13 heavy (non-hydrogen) atoms. The van der Waals surface area contributed by atoms with Crippen LogP contribution in [0, 0.1) is 26.2 Å². The number of rotatable bonds is 2. The average molecular weight is 178 g/mol. The standard InChI is InChI=1S/C9H10N2O2/c1-4-5-10-9(12)8-6(2)13-7(3)11-8/h1H,5H2,2-3H3,(H,10,12). The van der Waals surface area contributed by atoms with Crippen LogP contribution in [0.1, 0.15) is 22.1 Å². The Bertz CT molecular complexity index is 360. The predicted molar refractivity (Wildman–Crippen MR) is 47.1 cm³/mol. The predicted octanol–water partition coefficient (Wildman–Crippen LogP) is 0.654. The second-order valence-electron chi connectivity index (χ2n) is 2.52. The number of oxazole rings is 1. The first-order valence-corrected chi connectivity index (χ1v) is 3.81. The Morgan fingerprint density at radius 1 is 1.69 bits per heavy atom. The van der Waals surface area contributed by atoms with Crippen LogP contribution in [0.15, 0.2) is 4.42 Å². The summed E-state index contributed by atoms with van der Waals surface area (Å²) >= 11 is 0. The van der Waals surface area contributed by atoms with E-state index < -0.39 is 0 Å². The number of carbonyl (C=O) groups excluding carboxylic acids is 1. The largest absolute Gasteiger partial charge is 0.445 e. The monoisotopic (exact) mass is 178 g/mol. The minimum Gasteiger partial charge on any atom is -0.445 e. The summed E-state index contributed by atoms with van der Waals surface area (Å²) in [5.74, 6) is 2.99. The van der Waals surface area contributed by atoms with Gasteiger partial charge in [-0.2, -0.15) is 0 Å². The van der Waals surface area contributed by atoms with Crippen LogP contribution < -0.4 is 5.32 Å². The third-order valence-corrected chi connectivity index (χ3v) is 1.47. The van der Waals surface area contributed by atoms with Crippen molar-refractivity contribution in [2.45, 2.75) is 13.8 Å². The minimum absolute atomic E-state index is 0.199. The van der Waals surface area contributed by atoms with Crippen LogP contribution in [0.4, 0.5) is 0 Å². The summed E-state index contributed by atoms with van der Waals surface area (Å²) in [5, 5.41) is 2.51. The molecule has 1 N–H and O–H groups in total. The number of hydrogen-bond acceptors (Lipinski definition) is 3. The Balaban J connectivity index is 2.78. The lowest BCUT2D eigenvalue weighted by molar-refractivity contribution is 0.0953. The zero-order chi connectivity index (χ0) is 9.84. The van der Waals surface area contributed by atoms with E-state index in [1.165, 1.54) is 0 Å². The van der Waals surface area contributed by atoms with Crippen molar-refractivity contribution in [3.63, 3.8) is 0 Å². The highest BCUT2D eigenvalue weighted by Crippen LogP contribution is 2.07. The van der Waals surface area contributed by atoms with E-state index >= 15 is 0 Å². The smallest absolute Gasteiger partial charge is 0.274 e. The maximum Gasteiger partial charge on any atom is 0.274 e. The Labute approximate surface area is 76.3 Å². The van der Waals surface area contributed by atoms with Gasteiger partial charge in [-0.25, -0.2) is 4.98 Å². The molecule has 0 aromatic carbocycles. The van der Waals surface area contributed by atoms with Gasteiger partial charge in [0.2, 0.25) is 0 Å². The lowest BCUT2D eigenvalue weighted by Gasteiger charge is -1.96. The molecule has 1 rings (SSSR count). The first-order chi connectivity index (χ1) is 6.15. The van der Waals surface area contributed by atoms with E-state index in [4.69, 9.17) is 10.8 Å². The fourth-order valence-corrected chi connectivity index (χ4v) is 0.955. The molecule has 0 fully saturated rings. The van der Waals surface area contributed by atoms with E-state index in [1.807, 2.05) is 0 Å². The van der Waals surface area contributed by atoms with Crippen molar-refractivity contribution in [3.8, 4) is 12.3 Å². The highest BCUT2D eigenvalue weighted by molar-refractivity contribution is 5.93. The van der Waals surface area contributed by atoms with Crippen LogP contribution >= 0.6 is 0 Å². The zero-order valence-electron chi connectivity index (χ0n) is 7.55. The Kier molecular flexibility index (Phi) is 2.70. The topological polar surface area (TPSA) is 55.1 Å². The van der Waals surface area contributed by atoms with Gasteiger partial charge in [0.05, 0.1) is 6.54 Å². The quantitative estimate of drug-likeness (QED) is 0.676. The number of aryl methyl sites for hydroxylation is 2. The number of aromatic nitrogens is 1. The molecule has 1 amide bonds. The van der Waals surface area contributed by atoms with Crippen LogP contribution in [-0.4, -0.2) is 17.4 Å². The Morgan fingerprint density at radius 3 is 2.85 bits per heavy atom. The SMILES string of the molecule is C#CCNC(=O)c1nc(C)oc1C. The lowest BCUT2D eigenvalue weighted by Crippen LogP contribution is -2.24. The molecule has 0 bridgehead atoms. The molecule has 0 aliphatic rings. The number of carbonyl (C=O) groups is 1. The van der Waals surface area contributed by atoms with Crippen LogP contribution in [0.3, 0.4) is 0 Å².